The highest BCUT2D eigenvalue weighted by atomic mass is 32.1. The zero-order valence-corrected chi connectivity index (χ0v) is 13.3. The highest BCUT2D eigenvalue weighted by Gasteiger charge is 2.23. The maximum absolute atomic E-state index is 12.0. The molecular formula is C12H13N5O5S. The van der Waals surface area contributed by atoms with E-state index in [-0.39, 0.29) is 33.6 Å². The van der Waals surface area contributed by atoms with E-state index in [1.54, 1.807) is 0 Å². The Morgan fingerprint density at radius 1 is 1.48 bits per heavy atom. The van der Waals surface area contributed by atoms with E-state index in [9.17, 15) is 19.7 Å². The van der Waals surface area contributed by atoms with Crippen LogP contribution in [-0.4, -0.2) is 38.7 Å². The van der Waals surface area contributed by atoms with E-state index in [0.29, 0.717) is 0 Å². The number of hydrogen-bond donors (Lipinski definition) is 1. The van der Waals surface area contributed by atoms with Crippen molar-refractivity contribution in [1.82, 2.24) is 14.8 Å². The predicted octanol–water partition coefficient (Wildman–Crippen LogP) is 1.29. The van der Waals surface area contributed by atoms with Crippen LogP contribution in [0.4, 0.5) is 10.8 Å². The van der Waals surface area contributed by atoms with Crippen LogP contribution in [0.1, 0.15) is 21.1 Å². The van der Waals surface area contributed by atoms with Crippen LogP contribution in [0.2, 0.25) is 0 Å². The summed E-state index contributed by atoms with van der Waals surface area (Å²) in [6, 6.07) is 0. The summed E-state index contributed by atoms with van der Waals surface area (Å²) in [4.78, 5) is 37.8. The second-order valence-corrected chi connectivity index (χ2v) is 5.53. The molecule has 10 nitrogen and oxygen atoms in total. The normalized spacial score (nSPS) is 10.4. The average molecular weight is 339 g/mol. The molecule has 0 saturated heterocycles. The predicted molar refractivity (Wildman–Crippen MR) is 80.4 cm³/mol. The second-order valence-electron chi connectivity index (χ2n) is 4.50. The van der Waals surface area contributed by atoms with Gasteiger partial charge in [0.05, 0.1) is 18.2 Å². The Kier molecular flexibility index (Phi) is 4.69. The first-order valence-electron chi connectivity index (χ1n) is 6.36. The SMILES string of the molecule is COC(=O)c1cnc(NC(=O)Cn2nc(C)c([N+](=O)[O-])c2C)s1. The molecule has 2 rings (SSSR count). The number of nitro groups is 1. The molecule has 11 heteroatoms. The lowest BCUT2D eigenvalue weighted by Crippen LogP contribution is -2.20. The third-order valence-electron chi connectivity index (χ3n) is 2.96. The molecule has 2 heterocycles. The van der Waals surface area contributed by atoms with E-state index in [1.807, 2.05) is 0 Å². The number of carbonyl (C=O) groups excluding carboxylic acids is 2. The Labute approximate surface area is 134 Å². The minimum absolute atomic E-state index is 0.111. The van der Waals surface area contributed by atoms with Gasteiger partial charge in [-0.1, -0.05) is 11.3 Å². The molecule has 0 bridgehead atoms. The number of aryl methyl sites for hydroxylation is 1. The van der Waals surface area contributed by atoms with Gasteiger partial charge in [0, 0.05) is 0 Å². The summed E-state index contributed by atoms with van der Waals surface area (Å²) in [5.41, 5.74) is 0.416. The molecule has 0 aliphatic carbocycles. The molecule has 0 aliphatic rings. The van der Waals surface area contributed by atoms with Gasteiger partial charge in [-0.05, 0) is 13.8 Å². The van der Waals surface area contributed by atoms with Gasteiger partial charge >= 0.3 is 11.7 Å². The first kappa shape index (κ1) is 16.5. The zero-order valence-electron chi connectivity index (χ0n) is 12.5. The van der Waals surface area contributed by atoms with Crippen LogP contribution in [0, 0.1) is 24.0 Å². The number of nitrogens with one attached hydrogen (secondary N) is 1. The van der Waals surface area contributed by atoms with E-state index in [2.05, 4.69) is 20.1 Å². The molecule has 1 amide bonds. The van der Waals surface area contributed by atoms with E-state index in [0.717, 1.165) is 11.3 Å². The van der Waals surface area contributed by atoms with Gasteiger partial charge in [0.1, 0.15) is 22.8 Å². The van der Waals surface area contributed by atoms with Gasteiger partial charge in [0.2, 0.25) is 5.91 Å². The van der Waals surface area contributed by atoms with Crippen LogP contribution >= 0.6 is 11.3 Å². The number of anilines is 1. The van der Waals surface area contributed by atoms with Crippen molar-refractivity contribution in [2.75, 3.05) is 12.4 Å². The molecule has 0 spiro atoms. The molecule has 2 aromatic rings. The summed E-state index contributed by atoms with van der Waals surface area (Å²) in [7, 11) is 1.25. The molecule has 0 unspecified atom stereocenters. The topological polar surface area (TPSA) is 129 Å². The van der Waals surface area contributed by atoms with E-state index >= 15 is 0 Å². The maximum atomic E-state index is 12.0. The summed E-state index contributed by atoms with van der Waals surface area (Å²) >= 11 is 0.966. The van der Waals surface area contributed by atoms with Crippen molar-refractivity contribution >= 4 is 34.0 Å². The van der Waals surface area contributed by atoms with Crippen LogP contribution in [0.5, 0.6) is 0 Å². The first-order chi connectivity index (χ1) is 10.8. The molecule has 0 aromatic carbocycles. The summed E-state index contributed by atoms with van der Waals surface area (Å²) in [6.45, 7) is 2.82. The first-order valence-corrected chi connectivity index (χ1v) is 7.17. The lowest BCUT2D eigenvalue weighted by atomic mass is 10.3. The van der Waals surface area contributed by atoms with E-state index in [4.69, 9.17) is 0 Å². The van der Waals surface area contributed by atoms with Crippen LogP contribution in [0.25, 0.3) is 0 Å². The van der Waals surface area contributed by atoms with Crippen molar-refractivity contribution < 1.29 is 19.2 Å². The fraction of sp³-hybridized carbons (Fsp3) is 0.333. The van der Waals surface area contributed by atoms with Crippen molar-refractivity contribution in [2.45, 2.75) is 20.4 Å². The minimum atomic E-state index is -0.544. The Balaban J connectivity index is 2.08. The molecule has 0 fully saturated rings. The Morgan fingerprint density at radius 2 is 2.17 bits per heavy atom. The summed E-state index contributed by atoms with van der Waals surface area (Å²) in [5.74, 6) is -1.01. The third-order valence-corrected chi connectivity index (χ3v) is 3.85. The lowest BCUT2D eigenvalue weighted by Gasteiger charge is -2.03. The van der Waals surface area contributed by atoms with Gasteiger partial charge in [0.15, 0.2) is 5.13 Å². The molecule has 23 heavy (non-hydrogen) atoms. The number of nitrogens with zero attached hydrogens (tertiary/aromatic N) is 4. The largest absolute Gasteiger partial charge is 0.465 e. The van der Waals surface area contributed by atoms with Crippen LogP contribution < -0.4 is 5.32 Å². The molecule has 122 valence electrons. The second kappa shape index (κ2) is 6.52. The Morgan fingerprint density at radius 3 is 2.74 bits per heavy atom. The number of methoxy groups -OCH3 is 1. The van der Waals surface area contributed by atoms with Gasteiger partial charge in [-0.3, -0.25) is 19.6 Å². The minimum Gasteiger partial charge on any atom is -0.465 e. The van der Waals surface area contributed by atoms with Crippen molar-refractivity contribution in [3.63, 3.8) is 0 Å². The van der Waals surface area contributed by atoms with Crippen molar-refractivity contribution in [1.29, 1.82) is 0 Å². The van der Waals surface area contributed by atoms with Gasteiger partial charge in [0.25, 0.3) is 0 Å². The van der Waals surface area contributed by atoms with Gasteiger partial charge in [-0.15, -0.1) is 0 Å². The highest BCUT2D eigenvalue weighted by Crippen LogP contribution is 2.22. The number of rotatable bonds is 5. The molecule has 1 N–H and O–H groups in total. The van der Waals surface area contributed by atoms with Crippen molar-refractivity contribution in [3.05, 3.63) is 32.6 Å². The van der Waals surface area contributed by atoms with Crippen molar-refractivity contribution in [3.8, 4) is 0 Å². The number of thiazole rings is 1. The standard InChI is InChI=1S/C12H13N5O5S/c1-6-10(17(20)21)7(2)16(15-6)5-9(18)14-12-13-4-8(23-12)11(19)22-3/h4H,5H2,1-3H3,(H,13,14,18). The number of esters is 1. The Hall–Kier alpha value is -2.82. The monoisotopic (exact) mass is 339 g/mol. The van der Waals surface area contributed by atoms with Crippen LogP contribution in [-0.2, 0) is 16.1 Å². The average Bonchev–Trinajstić information content (AvgIpc) is 3.03. The number of hydrogen-bond acceptors (Lipinski definition) is 8. The van der Waals surface area contributed by atoms with Crippen molar-refractivity contribution in [2.24, 2.45) is 0 Å². The summed E-state index contributed by atoms with van der Waals surface area (Å²) in [6.07, 6.45) is 1.29. The molecule has 0 aliphatic heterocycles. The number of aromatic nitrogens is 3. The lowest BCUT2D eigenvalue weighted by molar-refractivity contribution is -0.386. The van der Waals surface area contributed by atoms with Crippen LogP contribution in [0.3, 0.4) is 0 Å². The van der Waals surface area contributed by atoms with Gasteiger partial charge in [-0.25, -0.2) is 9.78 Å². The molecule has 0 saturated carbocycles. The van der Waals surface area contributed by atoms with E-state index in [1.165, 1.54) is 31.8 Å². The summed E-state index contributed by atoms with van der Waals surface area (Å²) in [5, 5.41) is 17.6. The fourth-order valence-corrected chi connectivity index (χ4v) is 2.68. The van der Waals surface area contributed by atoms with Gasteiger partial charge < -0.3 is 10.1 Å². The quantitative estimate of drug-likeness (QED) is 0.493. The zero-order chi connectivity index (χ0) is 17.1. The smallest absolute Gasteiger partial charge is 0.349 e. The fourth-order valence-electron chi connectivity index (χ4n) is 1.93. The molecule has 2 aromatic heterocycles. The number of carbonyl (C=O) groups is 2. The molecule has 0 radical (unpaired) electrons. The molecule has 0 atom stereocenters. The van der Waals surface area contributed by atoms with Gasteiger partial charge in [-0.2, -0.15) is 5.10 Å². The maximum Gasteiger partial charge on any atom is 0.349 e. The Bertz CT molecular complexity index is 781. The molecular weight excluding hydrogens is 326 g/mol. The number of ether oxygens (including phenoxy) is 1. The third kappa shape index (κ3) is 3.51. The highest BCUT2D eigenvalue weighted by molar-refractivity contribution is 7.17. The summed E-state index contributed by atoms with van der Waals surface area (Å²) < 4.78 is 5.79. The number of amides is 1. The van der Waals surface area contributed by atoms with E-state index < -0.39 is 16.8 Å². The van der Waals surface area contributed by atoms with Crippen LogP contribution in [0.15, 0.2) is 6.20 Å².